The quantitative estimate of drug-likeness (QED) is 0.702. The second-order valence-corrected chi connectivity index (χ2v) is 9.40. The molecule has 0 unspecified atom stereocenters. The van der Waals surface area contributed by atoms with Gasteiger partial charge < -0.3 is 4.57 Å². The van der Waals surface area contributed by atoms with Gasteiger partial charge in [0.05, 0.1) is 5.02 Å². The molecule has 4 rings (SSSR count). The smallest absolute Gasteiger partial charge is 0.271 e. The minimum atomic E-state index is -3.61. The first-order chi connectivity index (χ1) is 12.5. The fraction of sp³-hybridized carbons (Fsp3) is 0.294. The molecule has 0 spiro atoms. The number of anilines is 1. The Labute approximate surface area is 160 Å². The molecule has 1 N–H and O–H groups in total. The number of aromatic nitrogens is 3. The zero-order valence-corrected chi connectivity index (χ0v) is 16.2. The van der Waals surface area contributed by atoms with E-state index in [0.717, 1.165) is 38.1 Å². The Bertz CT molecular complexity index is 1030. The molecule has 0 aliphatic carbocycles. The van der Waals surface area contributed by atoms with E-state index in [-0.39, 0.29) is 4.21 Å². The fourth-order valence-electron chi connectivity index (χ4n) is 3.07. The van der Waals surface area contributed by atoms with Gasteiger partial charge in [-0.15, -0.1) is 21.5 Å². The zero-order valence-electron chi connectivity index (χ0n) is 13.9. The van der Waals surface area contributed by atoms with E-state index in [4.69, 9.17) is 11.6 Å². The maximum absolute atomic E-state index is 12.5. The van der Waals surface area contributed by atoms with Crippen molar-refractivity contribution in [2.75, 3.05) is 4.72 Å². The molecule has 1 aliphatic rings. The molecule has 1 aromatic carbocycles. The van der Waals surface area contributed by atoms with Crippen molar-refractivity contribution in [1.82, 2.24) is 14.8 Å². The zero-order chi connectivity index (χ0) is 18.1. The maximum atomic E-state index is 12.5. The highest BCUT2D eigenvalue weighted by molar-refractivity contribution is 7.94. The molecule has 6 nitrogen and oxygen atoms in total. The Morgan fingerprint density at radius 2 is 2.04 bits per heavy atom. The van der Waals surface area contributed by atoms with Crippen molar-refractivity contribution >= 4 is 38.6 Å². The van der Waals surface area contributed by atoms with Gasteiger partial charge in [0, 0.05) is 24.2 Å². The number of halogens is 1. The van der Waals surface area contributed by atoms with Crippen LogP contribution in [0.15, 0.2) is 39.9 Å². The number of hydrogen-bond acceptors (Lipinski definition) is 5. The largest absolute Gasteiger partial charge is 0.311 e. The summed E-state index contributed by atoms with van der Waals surface area (Å²) < 4.78 is 29.9. The minimum Gasteiger partial charge on any atom is -0.311 e. The summed E-state index contributed by atoms with van der Waals surface area (Å²) in [5.74, 6) is 1.64. The molecule has 26 heavy (non-hydrogen) atoms. The number of nitrogens with zero attached hydrogens (tertiary/aromatic N) is 3. The van der Waals surface area contributed by atoms with Crippen LogP contribution < -0.4 is 4.72 Å². The van der Waals surface area contributed by atoms with Gasteiger partial charge in [0.1, 0.15) is 10.0 Å². The van der Waals surface area contributed by atoms with E-state index in [1.807, 2.05) is 0 Å². The summed E-state index contributed by atoms with van der Waals surface area (Å²) in [5.41, 5.74) is 1.13. The van der Waals surface area contributed by atoms with Crippen molar-refractivity contribution in [2.24, 2.45) is 0 Å². The minimum absolute atomic E-state index is 0.269. The van der Waals surface area contributed by atoms with Crippen LogP contribution in [0.25, 0.3) is 11.4 Å². The lowest BCUT2D eigenvalue weighted by atomic mass is 10.2. The summed E-state index contributed by atoms with van der Waals surface area (Å²) in [6.07, 6.45) is 4.24. The van der Waals surface area contributed by atoms with Crippen LogP contribution in [0, 0.1) is 0 Å². The summed E-state index contributed by atoms with van der Waals surface area (Å²) in [5, 5.41) is 10.9. The highest BCUT2D eigenvalue weighted by atomic mass is 35.5. The SMILES string of the molecule is O=S(=O)(Nc1ccc(Cl)c(-c2nnc3n2CCCCC3)c1)c1cccs1. The predicted molar refractivity (Wildman–Crippen MR) is 103 cm³/mol. The van der Waals surface area contributed by atoms with E-state index in [9.17, 15) is 8.42 Å². The molecular formula is C17H17ClN4O2S2. The number of fused-ring (bicyclic) bond motifs is 1. The first-order valence-corrected chi connectivity index (χ1v) is 11.1. The summed E-state index contributed by atoms with van der Waals surface area (Å²) in [4.78, 5) is 0. The summed E-state index contributed by atoms with van der Waals surface area (Å²) in [6.45, 7) is 0.846. The third kappa shape index (κ3) is 3.36. The fourth-order valence-corrected chi connectivity index (χ4v) is 5.31. The molecule has 0 saturated carbocycles. The number of sulfonamides is 1. The van der Waals surface area contributed by atoms with Gasteiger partial charge in [-0.25, -0.2) is 8.42 Å². The Morgan fingerprint density at radius 3 is 2.85 bits per heavy atom. The molecule has 0 amide bonds. The third-order valence-corrected chi connectivity index (χ3v) is 7.44. The summed E-state index contributed by atoms with van der Waals surface area (Å²) >= 11 is 7.56. The molecule has 9 heteroatoms. The van der Waals surface area contributed by atoms with E-state index in [2.05, 4.69) is 19.5 Å². The van der Waals surface area contributed by atoms with Crippen LogP contribution in [-0.2, 0) is 23.0 Å². The van der Waals surface area contributed by atoms with Gasteiger partial charge in [0.25, 0.3) is 10.0 Å². The van der Waals surface area contributed by atoms with E-state index in [1.165, 1.54) is 11.3 Å². The highest BCUT2D eigenvalue weighted by Crippen LogP contribution is 2.32. The van der Waals surface area contributed by atoms with Crippen molar-refractivity contribution < 1.29 is 8.42 Å². The van der Waals surface area contributed by atoms with Crippen molar-refractivity contribution in [3.05, 3.63) is 46.6 Å². The van der Waals surface area contributed by atoms with Gasteiger partial charge in [0.2, 0.25) is 0 Å². The Morgan fingerprint density at radius 1 is 1.15 bits per heavy atom. The molecule has 0 bridgehead atoms. The van der Waals surface area contributed by atoms with Crippen molar-refractivity contribution in [2.45, 2.75) is 36.4 Å². The lowest BCUT2D eigenvalue weighted by molar-refractivity contribution is 0.603. The van der Waals surface area contributed by atoms with E-state index in [1.54, 1.807) is 35.7 Å². The topological polar surface area (TPSA) is 76.9 Å². The molecule has 1 aliphatic heterocycles. The van der Waals surface area contributed by atoms with Crippen LogP contribution in [-0.4, -0.2) is 23.2 Å². The molecule has 0 radical (unpaired) electrons. The second kappa shape index (κ2) is 7.02. The van der Waals surface area contributed by atoms with Crippen LogP contribution in [0.3, 0.4) is 0 Å². The molecular weight excluding hydrogens is 392 g/mol. The van der Waals surface area contributed by atoms with Gasteiger partial charge in [-0.3, -0.25) is 4.72 Å². The Balaban J connectivity index is 1.71. The average molecular weight is 409 g/mol. The highest BCUT2D eigenvalue weighted by Gasteiger charge is 2.20. The third-order valence-electron chi connectivity index (χ3n) is 4.33. The number of hydrogen-bond donors (Lipinski definition) is 1. The summed E-state index contributed by atoms with van der Waals surface area (Å²) in [7, 11) is -3.61. The van der Waals surface area contributed by atoms with E-state index < -0.39 is 10.0 Å². The Kier molecular flexibility index (Phi) is 4.73. The summed E-state index contributed by atoms with van der Waals surface area (Å²) in [6, 6.07) is 8.33. The number of nitrogens with one attached hydrogen (secondary N) is 1. The lowest BCUT2D eigenvalue weighted by Crippen LogP contribution is -2.11. The molecule has 3 aromatic rings. The van der Waals surface area contributed by atoms with Gasteiger partial charge in [0.15, 0.2) is 5.82 Å². The van der Waals surface area contributed by atoms with Crippen molar-refractivity contribution in [3.63, 3.8) is 0 Å². The van der Waals surface area contributed by atoms with Gasteiger partial charge in [-0.05, 0) is 42.5 Å². The molecule has 0 atom stereocenters. The molecule has 0 fully saturated rings. The number of thiophene rings is 1. The molecule has 2 aromatic heterocycles. The Hall–Kier alpha value is -1.90. The van der Waals surface area contributed by atoms with Crippen LogP contribution in [0.2, 0.25) is 5.02 Å². The van der Waals surface area contributed by atoms with Crippen LogP contribution in [0.1, 0.15) is 25.1 Å². The van der Waals surface area contributed by atoms with Gasteiger partial charge >= 0.3 is 0 Å². The predicted octanol–water partition coefficient (Wildman–Crippen LogP) is 4.19. The van der Waals surface area contributed by atoms with Crippen LogP contribution >= 0.6 is 22.9 Å². The monoisotopic (exact) mass is 408 g/mol. The molecule has 3 heterocycles. The van der Waals surface area contributed by atoms with Crippen LogP contribution in [0.5, 0.6) is 0 Å². The lowest BCUT2D eigenvalue weighted by Gasteiger charge is -2.11. The second-order valence-electron chi connectivity index (χ2n) is 6.13. The number of benzene rings is 1. The normalized spacial score (nSPS) is 14.7. The standard InChI is InChI=1S/C17H17ClN4O2S2/c18-14-8-7-12(21-26(23,24)16-6-4-10-25-16)11-13(14)17-20-19-15-5-2-1-3-9-22(15)17/h4,6-8,10-11,21H,1-3,5,9H2. The van der Waals surface area contributed by atoms with Gasteiger partial charge in [-0.1, -0.05) is 24.1 Å². The average Bonchev–Trinajstić information content (AvgIpc) is 3.23. The van der Waals surface area contributed by atoms with Crippen LogP contribution in [0.4, 0.5) is 5.69 Å². The molecule has 0 saturated heterocycles. The van der Waals surface area contributed by atoms with E-state index in [0.29, 0.717) is 22.1 Å². The number of rotatable bonds is 4. The van der Waals surface area contributed by atoms with E-state index >= 15 is 0 Å². The van der Waals surface area contributed by atoms with Gasteiger partial charge in [-0.2, -0.15) is 0 Å². The first kappa shape index (κ1) is 17.5. The number of aryl methyl sites for hydroxylation is 1. The van der Waals surface area contributed by atoms with Crippen molar-refractivity contribution in [1.29, 1.82) is 0 Å². The first-order valence-electron chi connectivity index (χ1n) is 8.33. The maximum Gasteiger partial charge on any atom is 0.271 e. The van der Waals surface area contributed by atoms with Crippen molar-refractivity contribution in [3.8, 4) is 11.4 Å². The molecule has 136 valence electrons.